The van der Waals surface area contributed by atoms with Gasteiger partial charge in [0.1, 0.15) is 17.1 Å². The number of ether oxygens (including phenoxy) is 3. The van der Waals surface area contributed by atoms with Crippen molar-refractivity contribution in [3.05, 3.63) is 71.8 Å². The van der Waals surface area contributed by atoms with Gasteiger partial charge in [-0.3, -0.25) is 4.79 Å². The van der Waals surface area contributed by atoms with E-state index >= 15 is 0 Å². The molecule has 6 heteroatoms. The molecule has 29 heavy (non-hydrogen) atoms. The maximum Gasteiger partial charge on any atom is 0.342 e. The molecule has 0 spiro atoms. The van der Waals surface area contributed by atoms with E-state index in [1.54, 1.807) is 26.3 Å². The molecule has 0 fully saturated rings. The second kappa shape index (κ2) is 9.10. The SMILES string of the molecule is COc1cccc(CN(C)C(=O)COC(=O)c2cc3ccccc3cc2OC)c1. The fraction of sp³-hybridized carbons (Fsp3) is 0.217. The number of nitrogens with zero attached hydrogens (tertiary/aromatic N) is 1. The van der Waals surface area contributed by atoms with Crippen LogP contribution in [0.1, 0.15) is 15.9 Å². The summed E-state index contributed by atoms with van der Waals surface area (Å²) in [6, 6.07) is 18.6. The number of methoxy groups -OCH3 is 2. The highest BCUT2D eigenvalue weighted by Gasteiger charge is 2.18. The Bertz CT molecular complexity index is 1030. The lowest BCUT2D eigenvalue weighted by atomic mass is 10.1. The molecule has 3 aromatic rings. The summed E-state index contributed by atoms with van der Waals surface area (Å²) in [5.74, 6) is 0.223. The number of likely N-dealkylation sites (N-methyl/N-ethyl adjacent to an activating group) is 1. The van der Waals surface area contributed by atoms with Gasteiger partial charge in [-0.15, -0.1) is 0 Å². The quantitative estimate of drug-likeness (QED) is 0.573. The summed E-state index contributed by atoms with van der Waals surface area (Å²) in [5, 5.41) is 1.84. The number of hydrogen-bond donors (Lipinski definition) is 0. The van der Waals surface area contributed by atoms with E-state index in [2.05, 4.69) is 0 Å². The topological polar surface area (TPSA) is 65.1 Å². The van der Waals surface area contributed by atoms with Crippen molar-refractivity contribution < 1.29 is 23.8 Å². The summed E-state index contributed by atoms with van der Waals surface area (Å²) in [5.41, 5.74) is 1.21. The van der Waals surface area contributed by atoms with Crippen molar-refractivity contribution in [3.8, 4) is 11.5 Å². The molecule has 0 heterocycles. The molecular formula is C23H23NO5. The van der Waals surface area contributed by atoms with E-state index in [1.165, 1.54) is 12.0 Å². The van der Waals surface area contributed by atoms with Crippen LogP contribution >= 0.6 is 0 Å². The number of carbonyl (C=O) groups excluding carboxylic acids is 2. The van der Waals surface area contributed by atoms with Crippen molar-refractivity contribution in [2.75, 3.05) is 27.9 Å². The third kappa shape index (κ3) is 4.85. The molecule has 0 atom stereocenters. The van der Waals surface area contributed by atoms with Gasteiger partial charge < -0.3 is 19.1 Å². The minimum absolute atomic E-state index is 0.287. The first-order valence-corrected chi connectivity index (χ1v) is 9.12. The minimum atomic E-state index is -0.601. The van der Waals surface area contributed by atoms with E-state index in [-0.39, 0.29) is 18.1 Å². The lowest BCUT2D eigenvalue weighted by molar-refractivity contribution is -0.133. The molecule has 0 aliphatic heterocycles. The average molecular weight is 393 g/mol. The fourth-order valence-electron chi connectivity index (χ4n) is 3.00. The molecule has 3 aromatic carbocycles. The van der Waals surface area contributed by atoms with Crippen LogP contribution in [0.5, 0.6) is 11.5 Å². The average Bonchev–Trinajstić information content (AvgIpc) is 2.76. The molecule has 0 saturated heterocycles. The monoisotopic (exact) mass is 393 g/mol. The van der Waals surface area contributed by atoms with Gasteiger partial charge in [-0.2, -0.15) is 0 Å². The van der Waals surface area contributed by atoms with Crippen molar-refractivity contribution in [2.45, 2.75) is 6.54 Å². The molecule has 3 rings (SSSR count). The Morgan fingerprint density at radius 1 is 0.897 bits per heavy atom. The molecule has 0 bridgehead atoms. The first-order chi connectivity index (χ1) is 14.0. The highest BCUT2D eigenvalue weighted by molar-refractivity contribution is 5.99. The Morgan fingerprint density at radius 3 is 2.31 bits per heavy atom. The zero-order valence-electron chi connectivity index (χ0n) is 16.7. The Balaban J connectivity index is 1.65. The smallest absolute Gasteiger partial charge is 0.342 e. The van der Waals surface area contributed by atoms with Gasteiger partial charge >= 0.3 is 5.97 Å². The summed E-state index contributed by atoms with van der Waals surface area (Å²) < 4.78 is 15.8. The van der Waals surface area contributed by atoms with Crippen molar-refractivity contribution in [2.24, 2.45) is 0 Å². The standard InChI is InChI=1S/C23H23NO5/c1-24(14-16-7-6-10-19(11-16)27-2)22(25)15-29-23(26)20-12-17-8-4-5-9-18(17)13-21(20)28-3/h4-13H,14-15H2,1-3H3. The Kier molecular flexibility index (Phi) is 6.34. The number of esters is 1. The Hall–Kier alpha value is -3.54. The van der Waals surface area contributed by atoms with E-state index < -0.39 is 5.97 Å². The van der Waals surface area contributed by atoms with Gasteiger partial charge in [0.2, 0.25) is 0 Å². The highest BCUT2D eigenvalue weighted by atomic mass is 16.5. The summed E-state index contributed by atoms with van der Waals surface area (Å²) in [6.45, 7) is 0.0299. The fourth-order valence-corrected chi connectivity index (χ4v) is 3.00. The van der Waals surface area contributed by atoms with Crippen LogP contribution in [0, 0.1) is 0 Å². The molecule has 0 aromatic heterocycles. The Morgan fingerprint density at radius 2 is 1.62 bits per heavy atom. The van der Waals surface area contributed by atoms with Crippen LogP contribution in [0.4, 0.5) is 0 Å². The molecule has 0 aliphatic carbocycles. The van der Waals surface area contributed by atoms with E-state index in [4.69, 9.17) is 14.2 Å². The number of rotatable bonds is 7. The summed E-state index contributed by atoms with van der Waals surface area (Å²) in [6.07, 6.45) is 0. The van der Waals surface area contributed by atoms with Crippen molar-refractivity contribution in [1.29, 1.82) is 0 Å². The molecule has 0 radical (unpaired) electrons. The Labute approximate surface area is 169 Å². The second-order valence-corrected chi connectivity index (χ2v) is 6.58. The summed E-state index contributed by atoms with van der Waals surface area (Å²) in [4.78, 5) is 26.4. The van der Waals surface area contributed by atoms with Crippen molar-refractivity contribution >= 4 is 22.6 Å². The molecule has 150 valence electrons. The van der Waals surface area contributed by atoms with Crippen LogP contribution < -0.4 is 9.47 Å². The molecule has 0 saturated carbocycles. The zero-order valence-corrected chi connectivity index (χ0v) is 16.7. The van der Waals surface area contributed by atoms with Gasteiger partial charge in [0.05, 0.1) is 14.2 Å². The van der Waals surface area contributed by atoms with Gasteiger partial charge in [0.15, 0.2) is 6.61 Å². The van der Waals surface area contributed by atoms with Gasteiger partial charge in [-0.1, -0.05) is 36.4 Å². The first-order valence-electron chi connectivity index (χ1n) is 9.12. The third-order valence-electron chi connectivity index (χ3n) is 4.59. The lowest BCUT2D eigenvalue weighted by Crippen LogP contribution is -2.30. The number of carbonyl (C=O) groups is 2. The maximum absolute atomic E-state index is 12.5. The van der Waals surface area contributed by atoms with Crippen molar-refractivity contribution in [3.63, 3.8) is 0 Å². The summed E-state index contributed by atoms with van der Waals surface area (Å²) in [7, 11) is 4.74. The predicted molar refractivity (Wildman–Crippen MR) is 110 cm³/mol. The minimum Gasteiger partial charge on any atom is -0.497 e. The van der Waals surface area contributed by atoms with Crippen LogP contribution in [0.25, 0.3) is 10.8 Å². The molecular weight excluding hydrogens is 370 g/mol. The van der Waals surface area contributed by atoms with E-state index in [1.807, 2.05) is 48.5 Å². The number of amides is 1. The highest BCUT2D eigenvalue weighted by Crippen LogP contribution is 2.26. The van der Waals surface area contributed by atoms with Crippen LogP contribution in [0.15, 0.2) is 60.7 Å². The first kappa shape index (κ1) is 20.2. The van der Waals surface area contributed by atoms with Gasteiger partial charge in [0.25, 0.3) is 5.91 Å². The molecule has 0 aliphatic rings. The zero-order chi connectivity index (χ0) is 20.8. The summed E-state index contributed by atoms with van der Waals surface area (Å²) >= 11 is 0. The van der Waals surface area contributed by atoms with Crippen LogP contribution in [-0.4, -0.2) is 44.7 Å². The number of hydrogen-bond acceptors (Lipinski definition) is 5. The van der Waals surface area contributed by atoms with Crippen LogP contribution in [0.2, 0.25) is 0 Å². The largest absolute Gasteiger partial charge is 0.497 e. The van der Waals surface area contributed by atoms with E-state index in [0.29, 0.717) is 12.3 Å². The van der Waals surface area contributed by atoms with Gasteiger partial charge in [0, 0.05) is 13.6 Å². The molecule has 1 amide bonds. The predicted octanol–water partition coefficient (Wildman–Crippen LogP) is 3.67. The number of benzene rings is 3. The van der Waals surface area contributed by atoms with Gasteiger partial charge in [-0.25, -0.2) is 4.79 Å². The second-order valence-electron chi connectivity index (χ2n) is 6.58. The third-order valence-corrected chi connectivity index (χ3v) is 4.59. The van der Waals surface area contributed by atoms with Gasteiger partial charge in [-0.05, 0) is 40.6 Å². The van der Waals surface area contributed by atoms with Crippen molar-refractivity contribution in [1.82, 2.24) is 4.90 Å². The number of fused-ring (bicyclic) bond motifs is 1. The van der Waals surface area contributed by atoms with E-state index in [9.17, 15) is 9.59 Å². The molecule has 0 unspecified atom stereocenters. The maximum atomic E-state index is 12.5. The normalized spacial score (nSPS) is 10.4. The molecule has 0 N–H and O–H groups in total. The van der Waals surface area contributed by atoms with Crippen LogP contribution in [-0.2, 0) is 16.1 Å². The molecule has 6 nitrogen and oxygen atoms in total. The van der Waals surface area contributed by atoms with Crippen LogP contribution in [0.3, 0.4) is 0 Å². The van der Waals surface area contributed by atoms with E-state index in [0.717, 1.165) is 22.1 Å². The lowest BCUT2D eigenvalue weighted by Gasteiger charge is -2.18.